The van der Waals surface area contributed by atoms with Gasteiger partial charge < -0.3 is 4.74 Å². The van der Waals surface area contributed by atoms with Crippen LogP contribution in [0.2, 0.25) is 0 Å². The summed E-state index contributed by atoms with van der Waals surface area (Å²) in [5.41, 5.74) is 0.595. The SMILES string of the molecule is CCCCC1CCC(Oc2ccc(C#N)cc2)=CC1F. The van der Waals surface area contributed by atoms with E-state index in [4.69, 9.17) is 10.00 Å². The first-order valence-electron chi connectivity index (χ1n) is 7.25. The van der Waals surface area contributed by atoms with Crippen LogP contribution < -0.4 is 4.74 Å². The number of unbranched alkanes of at least 4 members (excludes halogenated alkanes) is 1. The molecule has 0 saturated carbocycles. The minimum Gasteiger partial charge on any atom is -0.462 e. The molecule has 0 radical (unpaired) electrons. The van der Waals surface area contributed by atoms with E-state index in [1.165, 1.54) is 0 Å². The Bertz CT molecular complexity index is 501. The summed E-state index contributed by atoms with van der Waals surface area (Å²) in [6.45, 7) is 2.13. The molecule has 0 aromatic heterocycles. The number of halogens is 1. The molecule has 106 valence electrons. The van der Waals surface area contributed by atoms with E-state index in [9.17, 15) is 4.39 Å². The van der Waals surface area contributed by atoms with Gasteiger partial charge in [0.1, 0.15) is 17.7 Å². The third-order valence-corrected chi connectivity index (χ3v) is 3.72. The van der Waals surface area contributed by atoms with E-state index in [0.717, 1.165) is 32.1 Å². The fourth-order valence-electron chi connectivity index (χ4n) is 2.49. The van der Waals surface area contributed by atoms with Crippen LogP contribution in [-0.4, -0.2) is 6.17 Å². The minimum absolute atomic E-state index is 0.142. The molecule has 0 fully saturated rings. The summed E-state index contributed by atoms with van der Waals surface area (Å²) in [5, 5.41) is 8.73. The van der Waals surface area contributed by atoms with Crippen molar-refractivity contribution in [3.63, 3.8) is 0 Å². The van der Waals surface area contributed by atoms with Crippen molar-refractivity contribution in [1.82, 2.24) is 0 Å². The van der Waals surface area contributed by atoms with E-state index in [0.29, 0.717) is 17.1 Å². The molecule has 1 aromatic carbocycles. The summed E-state index contributed by atoms with van der Waals surface area (Å²) in [4.78, 5) is 0. The Morgan fingerprint density at radius 2 is 2.10 bits per heavy atom. The van der Waals surface area contributed by atoms with Crippen LogP contribution in [0.4, 0.5) is 4.39 Å². The van der Waals surface area contributed by atoms with Gasteiger partial charge in [0.05, 0.1) is 11.6 Å². The number of hydrogen-bond donors (Lipinski definition) is 0. The van der Waals surface area contributed by atoms with Crippen LogP contribution in [0.5, 0.6) is 5.75 Å². The predicted molar refractivity (Wildman–Crippen MR) is 77.0 cm³/mol. The molecular formula is C17H20FNO. The Morgan fingerprint density at radius 3 is 2.70 bits per heavy atom. The van der Waals surface area contributed by atoms with Crippen molar-refractivity contribution in [1.29, 1.82) is 5.26 Å². The lowest BCUT2D eigenvalue weighted by Gasteiger charge is -2.25. The maximum atomic E-state index is 14.0. The monoisotopic (exact) mass is 273 g/mol. The van der Waals surface area contributed by atoms with E-state index in [-0.39, 0.29) is 5.92 Å². The molecule has 2 atom stereocenters. The molecule has 0 amide bonds. The Balaban J connectivity index is 1.95. The van der Waals surface area contributed by atoms with Gasteiger partial charge in [-0.05, 0) is 49.1 Å². The van der Waals surface area contributed by atoms with Gasteiger partial charge in [0.25, 0.3) is 0 Å². The van der Waals surface area contributed by atoms with Crippen LogP contribution in [0.15, 0.2) is 36.1 Å². The third-order valence-electron chi connectivity index (χ3n) is 3.72. The number of nitrogens with zero attached hydrogens (tertiary/aromatic N) is 1. The summed E-state index contributed by atoms with van der Waals surface area (Å²) in [6.07, 6.45) is 5.51. The standard InChI is InChI=1S/C17H20FNO/c1-2-3-4-14-7-10-16(11-17(14)18)20-15-8-5-13(12-19)6-9-15/h5-6,8-9,11,14,17H,2-4,7,10H2,1H3. The molecule has 0 spiro atoms. The highest BCUT2D eigenvalue weighted by atomic mass is 19.1. The van der Waals surface area contributed by atoms with Crippen LogP contribution in [0, 0.1) is 17.2 Å². The van der Waals surface area contributed by atoms with Crippen LogP contribution in [0.1, 0.15) is 44.6 Å². The number of allylic oxidation sites excluding steroid dienone is 2. The van der Waals surface area contributed by atoms with Crippen molar-refractivity contribution in [3.05, 3.63) is 41.7 Å². The maximum absolute atomic E-state index is 14.0. The second kappa shape index (κ2) is 7.09. The van der Waals surface area contributed by atoms with Gasteiger partial charge in [-0.1, -0.05) is 19.8 Å². The van der Waals surface area contributed by atoms with E-state index in [1.54, 1.807) is 30.3 Å². The molecule has 1 aromatic rings. The molecule has 0 bridgehead atoms. The molecule has 1 aliphatic rings. The molecule has 1 aliphatic carbocycles. The van der Waals surface area contributed by atoms with Gasteiger partial charge >= 0.3 is 0 Å². The fraction of sp³-hybridized carbons (Fsp3) is 0.471. The number of benzene rings is 1. The summed E-state index contributed by atoms with van der Waals surface area (Å²) >= 11 is 0. The molecule has 0 heterocycles. The smallest absolute Gasteiger partial charge is 0.127 e. The molecule has 0 saturated heterocycles. The van der Waals surface area contributed by atoms with Crippen molar-refractivity contribution < 1.29 is 9.13 Å². The molecule has 20 heavy (non-hydrogen) atoms. The second-order valence-corrected chi connectivity index (χ2v) is 5.26. The fourth-order valence-corrected chi connectivity index (χ4v) is 2.49. The molecule has 2 rings (SSSR count). The largest absolute Gasteiger partial charge is 0.462 e. The Kier molecular flexibility index (Phi) is 5.17. The van der Waals surface area contributed by atoms with E-state index in [1.807, 2.05) is 0 Å². The van der Waals surface area contributed by atoms with E-state index in [2.05, 4.69) is 13.0 Å². The van der Waals surface area contributed by atoms with Crippen LogP contribution in [0.3, 0.4) is 0 Å². The van der Waals surface area contributed by atoms with Crippen LogP contribution >= 0.6 is 0 Å². The summed E-state index contributed by atoms with van der Waals surface area (Å²) in [6, 6.07) is 8.96. The molecular weight excluding hydrogens is 253 g/mol. The normalized spacial score (nSPS) is 21.9. The number of rotatable bonds is 5. The van der Waals surface area contributed by atoms with Gasteiger partial charge in [-0.2, -0.15) is 5.26 Å². The molecule has 2 nitrogen and oxygen atoms in total. The minimum atomic E-state index is -0.899. The lowest BCUT2D eigenvalue weighted by Crippen LogP contribution is -2.20. The van der Waals surface area contributed by atoms with Crippen molar-refractivity contribution in [3.8, 4) is 11.8 Å². The topological polar surface area (TPSA) is 33.0 Å². The Hall–Kier alpha value is -1.82. The number of nitriles is 1. The first kappa shape index (κ1) is 14.6. The predicted octanol–water partition coefficient (Wildman–Crippen LogP) is 4.76. The van der Waals surface area contributed by atoms with Gasteiger partial charge in [0, 0.05) is 6.42 Å². The van der Waals surface area contributed by atoms with E-state index >= 15 is 0 Å². The molecule has 2 unspecified atom stereocenters. The first-order chi connectivity index (χ1) is 9.72. The highest BCUT2D eigenvalue weighted by Crippen LogP contribution is 2.31. The lowest BCUT2D eigenvalue weighted by atomic mass is 9.87. The highest BCUT2D eigenvalue weighted by molar-refractivity contribution is 5.35. The zero-order valence-corrected chi connectivity index (χ0v) is 11.8. The van der Waals surface area contributed by atoms with Gasteiger partial charge in [-0.25, -0.2) is 4.39 Å². The molecule has 0 aliphatic heterocycles. The first-order valence-corrected chi connectivity index (χ1v) is 7.25. The zero-order chi connectivity index (χ0) is 14.4. The third kappa shape index (κ3) is 3.84. The average Bonchev–Trinajstić information content (AvgIpc) is 2.47. The summed E-state index contributed by atoms with van der Waals surface area (Å²) < 4.78 is 19.7. The second-order valence-electron chi connectivity index (χ2n) is 5.26. The van der Waals surface area contributed by atoms with Crippen LogP contribution in [0.25, 0.3) is 0 Å². The average molecular weight is 273 g/mol. The van der Waals surface area contributed by atoms with Crippen molar-refractivity contribution in [2.75, 3.05) is 0 Å². The lowest BCUT2D eigenvalue weighted by molar-refractivity contribution is 0.216. The highest BCUT2D eigenvalue weighted by Gasteiger charge is 2.24. The Labute approximate surface area is 119 Å². The van der Waals surface area contributed by atoms with Crippen molar-refractivity contribution >= 4 is 0 Å². The Morgan fingerprint density at radius 1 is 1.35 bits per heavy atom. The summed E-state index contributed by atoms with van der Waals surface area (Å²) in [5.74, 6) is 1.51. The van der Waals surface area contributed by atoms with Crippen LogP contribution in [-0.2, 0) is 0 Å². The van der Waals surface area contributed by atoms with Gasteiger partial charge in [0.2, 0.25) is 0 Å². The quantitative estimate of drug-likeness (QED) is 0.775. The molecule has 3 heteroatoms. The van der Waals surface area contributed by atoms with Gasteiger partial charge in [-0.15, -0.1) is 0 Å². The van der Waals surface area contributed by atoms with Crippen molar-refractivity contribution in [2.24, 2.45) is 5.92 Å². The zero-order valence-electron chi connectivity index (χ0n) is 11.8. The summed E-state index contributed by atoms with van der Waals surface area (Å²) in [7, 11) is 0. The van der Waals surface area contributed by atoms with Gasteiger partial charge in [0.15, 0.2) is 0 Å². The van der Waals surface area contributed by atoms with E-state index < -0.39 is 6.17 Å². The maximum Gasteiger partial charge on any atom is 0.127 e. The number of hydrogen-bond acceptors (Lipinski definition) is 2. The van der Waals surface area contributed by atoms with Crippen molar-refractivity contribution in [2.45, 2.75) is 45.2 Å². The number of ether oxygens (including phenoxy) is 1. The van der Waals surface area contributed by atoms with Gasteiger partial charge in [-0.3, -0.25) is 0 Å². The number of alkyl halides is 1. The molecule has 0 N–H and O–H groups in total.